The minimum atomic E-state index is -0.543. The van der Waals surface area contributed by atoms with Gasteiger partial charge in [-0.05, 0) is 26.3 Å². The number of piperazine rings is 1. The fraction of sp³-hybridized carbons (Fsp3) is 0.588. The van der Waals surface area contributed by atoms with E-state index in [0.29, 0.717) is 36.7 Å². The highest BCUT2D eigenvalue weighted by Crippen LogP contribution is 2.18. The van der Waals surface area contributed by atoms with Gasteiger partial charge in [-0.1, -0.05) is 12.1 Å². The lowest BCUT2D eigenvalue weighted by Gasteiger charge is -2.26. The first-order valence-corrected chi connectivity index (χ1v) is 8.23. The molecule has 0 atom stereocenters. The normalized spacial score (nSPS) is 15.0. The van der Waals surface area contributed by atoms with Gasteiger partial charge in [0.25, 0.3) is 4.92 Å². The molecule has 7 nitrogen and oxygen atoms in total. The summed E-state index contributed by atoms with van der Waals surface area (Å²) in [7, 11) is 0. The molecule has 1 amide bonds. The number of hydrogen-bond donors (Lipinski definition) is 1. The molecule has 0 aliphatic carbocycles. The molecule has 2 rings (SSSR count). The van der Waals surface area contributed by atoms with Crippen LogP contribution in [0, 0.1) is 4.91 Å². The lowest BCUT2D eigenvalue weighted by molar-refractivity contribution is -0.766. The number of rotatable bonds is 5. The zero-order valence-corrected chi connectivity index (χ0v) is 14.6. The summed E-state index contributed by atoms with van der Waals surface area (Å²) in [6, 6.07) is 7.08. The molecule has 1 aromatic carbocycles. The molecule has 1 aliphatic rings. The van der Waals surface area contributed by atoms with Gasteiger partial charge in [-0.15, -0.1) is 0 Å². The average Bonchev–Trinajstić information content (AvgIpc) is 2.54. The van der Waals surface area contributed by atoms with Gasteiger partial charge in [-0.25, -0.2) is 9.63 Å². The van der Waals surface area contributed by atoms with E-state index < -0.39 is 5.60 Å². The van der Waals surface area contributed by atoms with E-state index in [9.17, 15) is 9.70 Å². The molecule has 1 aromatic rings. The first-order valence-electron chi connectivity index (χ1n) is 8.23. The monoisotopic (exact) mass is 336 g/mol. The second-order valence-electron chi connectivity index (χ2n) is 6.73. The van der Waals surface area contributed by atoms with Gasteiger partial charge in [-0.3, -0.25) is 0 Å². The summed E-state index contributed by atoms with van der Waals surface area (Å²) < 4.78 is 5.29. The van der Waals surface area contributed by atoms with Crippen LogP contribution in [0.15, 0.2) is 24.3 Å². The SMILES string of the molecule is CC(C)(C)O[N+](=O)c1ccc(CCOC(=O)N2CCNCC2)cc1. The summed E-state index contributed by atoms with van der Waals surface area (Å²) in [4.78, 5) is 31.2. The van der Waals surface area contributed by atoms with Gasteiger partial charge < -0.3 is 15.0 Å². The fourth-order valence-electron chi connectivity index (χ4n) is 2.28. The van der Waals surface area contributed by atoms with Crippen LogP contribution in [-0.2, 0) is 16.0 Å². The average molecular weight is 336 g/mol. The van der Waals surface area contributed by atoms with Crippen LogP contribution >= 0.6 is 0 Å². The molecular weight excluding hydrogens is 310 g/mol. The first-order chi connectivity index (χ1) is 11.3. The maximum atomic E-state index is 11.9. The minimum absolute atomic E-state index is 0.266. The summed E-state index contributed by atoms with van der Waals surface area (Å²) in [5.41, 5.74) is 0.890. The van der Waals surface area contributed by atoms with Crippen molar-refractivity contribution in [3.63, 3.8) is 0 Å². The number of amides is 1. The van der Waals surface area contributed by atoms with Crippen molar-refractivity contribution < 1.29 is 19.3 Å². The van der Waals surface area contributed by atoms with E-state index in [0.717, 1.165) is 18.7 Å². The topological polar surface area (TPSA) is 70.9 Å². The van der Waals surface area contributed by atoms with Crippen LogP contribution in [0.2, 0.25) is 0 Å². The van der Waals surface area contributed by atoms with Crippen molar-refractivity contribution in [1.29, 1.82) is 0 Å². The third-order valence-electron chi connectivity index (χ3n) is 3.50. The van der Waals surface area contributed by atoms with Crippen LogP contribution in [0.1, 0.15) is 26.3 Å². The van der Waals surface area contributed by atoms with Crippen molar-refractivity contribution in [3.8, 4) is 0 Å². The third-order valence-corrected chi connectivity index (χ3v) is 3.50. The van der Waals surface area contributed by atoms with Gasteiger partial charge in [0.1, 0.15) is 0 Å². The minimum Gasteiger partial charge on any atom is -0.449 e. The van der Waals surface area contributed by atoms with Crippen LogP contribution in [0.4, 0.5) is 10.5 Å². The summed E-state index contributed by atoms with van der Waals surface area (Å²) in [6.45, 7) is 8.75. The smallest absolute Gasteiger partial charge is 0.409 e. The Hall–Kier alpha value is -2.15. The molecule has 1 aliphatic heterocycles. The lowest BCUT2D eigenvalue weighted by atomic mass is 10.1. The van der Waals surface area contributed by atoms with Crippen molar-refractivity contribution >= 4 is 11.8 Å². The zero-order valence-electron chi connectivity index (χ0n) is 14.6. The number of nitrogens with one attached hydrogen (secondary N) is 1. The summed E-state index contributed by atoms with van der Waals surface area (Å²) in [6.07, 6.45) is 0.342. The van der Waals surface area contributed by atoms with Crippen molar-refractivity contribution in [2.75, 3.05) is 32.8 Å². The molecule has 0 radical (unpaired) electrons. The highest BCUT2D eigenvalue weighted by atomic mass is 16.8. The molecule has 7 heteroatoms. The van der Waals surface area contributed by atoms with E-state index in [4.69, 9.17) is 9.57 Å². The van der Waals surface area contributed by atoms with E-state index in [1.54, 1.807) is 17.0 Å². The molecule has 0 aromatic heterocycles. The Balaban J connectivity index is 1.77. The second kappa shape index (κ2) is 8.10. The summed E-state index contributed by atoms with van der Waals surface area (Å²) >= 11 is 0. The first kappa shape index (κ1) is 18.2. The molecule has 0 spiro atoms. The van der Waals surface area contributed by atoms with E-state index in [1.807, 2.05) is 32.9 Å². The largest absolute Gasteiger partial charge is 0.449 e. The van der Waals surface area contributed by atoms with Crippen molar-refractivity contribution in [2.24, 2.45) is 0 Å². The van der Waals surface area contributed by atoms with Crippen LogP contribution in [0.25, 0.3) is 0 Å². The van der Waals surface area contributed by atoms with Gasteiger partial charge >= 0.3 is 11.8 Å². The highest BCUT2D eigenvalue weighted by Gasteiger charge is 2.25. The van der Waals surface area contributed by atoms with E-state index >= 15 is 0 Å². The summed E-state index contributed by atoms with van der Waals surface area (Å²) in [5, 5.41) is 3.19. The molecule has 1 fully saturated rings. The Bertz CT molecular complexity index is 560. The molecular formula is C17H26N3O4+. The van der Waals surface area contributed by atoms with E-state index in [2.05, 4.69) is 5.32 Å². The van der Waals surface area contributed by atoms with E-state index in [1.165, 1.54) is 0 Å². The Labute approximate surface area is 142 Å². The highest BCUT2D eigenvalue weighted by molar-refractivity contribution is 5.67. The molecule has 1 heterocycles. The van der Waals surface area contributed by atoms with Crippen LogP contribution in [0.5, 0.6) is 0 Å². The van der Waals surface area contributed by atoms with Gasteiger partial charge in [0, 0.05) is 44.7 Å². The number of carbonyl (C=O) groups excluding carboxylic acids is 1. The standard InChI is InChI=1S/C17H26N3O4/c1-17(2,3)24-20(22)15-6-4-14(5-7-15)8-13-23-16(21)19-11-9-18-10-12-19/h4-7,18H,8-13H2,1-3H3/q+1. The maximum absolute atomic E-state index is 11.9. The molecule has 0 saturated carbocycles. The van der Waals surface area contributed by atoms with Gasteiger partial charge in [0.2, 0.25) is 0 Å². The van der Waals surface area contributed by atoms with Crippen LogP contribution in [0.3, 0.4) is 0 Å². The molecule has 132 valence electrons. The number of carbonyl (C=O) groups is 1. The Morgan fingerprint density at radius 2 is 1.83 bits per heavy atom. The Morgan fingerprint density at radius 1 is 1.21 bits per heavy atom. The lowest BCUT2D eigenvalue weighted by Crippen LogP contribution is -2.46. The molecule has 0 bridgehead atoms. The molecule has 1 saturated heterocycles. The quantitative estimate of drug-likeness (QED) is 0.836. The van der Waals surface area contributed by atoms with E-state index in [-0.39, 0.29) is 6.09 Å². The second-order valence-corrected chi connectivity index (χ2v) is 6.73. The van der Waals surface area contributed by atoms with Crippen LogP contribution in [-0.4, -0.2) is 54.3 Å². The Morgan fingerprint density at radius 3 is 2.42 bits per heavy atom. The fourth-order valence-corrected chi connectivity index (χ4v) is 2.28. The van der Waals surface area contributed by atoms with Crippen LogP contribution < -0.4 is 5.32 Å². The number of nitrogens with zero attached hydrogens (tertiary/aromatic N) is 2. The predicted molar refractivity (Wildman–Crippen MR) is 90.1 cm³/mol. The van der Waals surface area contributed by atoms with Gasteiger partial charge in [0.15, 0.2) is 5.60 Å². The Kier molecular flexibility index (Phi) is 6.14. The zero-order chi connectivity index (χ0) is 17.6. The summed E-state index contributed by atoms with van der Waals surface area (Å²) in [5.74, 6) is 0. The molecule has 1 N–H and O–H groups in total. The number of ether oxygens (including phenoxy) is 1. The van der Waals surface area contributed by atoms with Crippen molar-refractivity contribution in [3.05, 3.63) is 34.7 Å². The van der Waals surface area contributed by atoms with Gasteiger partial charge in [0.05, 0.1) is 11.5 Å². The molecule has 24 heavy (non-hydrogen) atoms. The van der Waals surface area contributed by atoms with Gasteiger partial charge in [-0.2, -0.15) is 0 Å². The van der Waals surface area contributed by atoms with Crippen molar-refractivity contribution in [2.45, 2.75) is 32.8 Å². The predicted octanol–water partition coefficient (Wildman–Crippen LogP) is 2.41. The number of benzene rings is 1. The molecule has 0 unspecified atom stereocenters. The third kappa shape index (κ3) is 5.81. The maximum Gasteiger partial charge on any atom is 0.409 e. The number of hydrogen-bond acceptors (Lipinski definition) is 5. The van der Waals surface area contributed by atoms with Crippen molar-refractivity contribution in [1.82, 2.24) is 10.2 Å².